The molecule has 21 heavy (non-hydrogen) atoms. The Kier molecular flexibility index (Phi) is 6.44. The van der Waals surface area contributed by atoms with Gasteiger partial charge in [0.1, 0.15) is 0 Å². The molecule has 0 aromatic carbocycles. The summed E-state index contributed by atoms with van der Waals surface area (Å²) in [6.07, 6.45) is 10.6. The third kappa shape index (κ3) is 4.69. The Balaban J connectivity index is 1.96. The van der Waals surface area contributed by atoms with Crippen LogP contribution in [0.4, 0.5) is 0 Å². The van der Waals surface area contributed by atoms with Crippen LogP contribution >= 0.6 is 0 Å². The first-order chi connectivity index (χ1) is 10.3. The van der Waals surface area contributed by atoms with Crippen molar-refractivity contribution < 1.29 is 4.42 Å². The minimum Gasteiger partial charge on any atom is -0.472 e. The van der Waals surface area contributed by atoms with E-state index in [1.165, 1.54) is 11.1 Å². The normalized spacial score (nSPS) is 14.0. The molecule has 0 saturated heterocycles. The van der Waals surface area contributed by atoms with Gasteiger partial charge in [-0.05, 0) is 50.6 Å². The van der Waals surface area contributed by atoms with Gasteiger partial charge in [0.25, 0.3) is 0 Å². The molecule has 0 amide bonds. The van der Waals surface area contributed by atoms with Gasteiger partial charge in [-0.2, -0.15) is 0 Å². The van der Waals surface area contributed by atoms with Crippen LogP contribution in [-0.2, 0) is 0 Å². The van der Waals surface area contributed by atoms with Crippen LogP contribution < -0.4 is 10.6 Å². The minimum absolute atomic E-state index is 0.330. The van der Waals surface area contributed by atoms with Gasteiger partial charge in [-0.25, -0.2) is 0 Å². The van der Waals surface area contributed by atoms with Crippen LogP contribution in [0.1, 0.15) is 49.4 Å². The van der Waals surface area contributed by atoms with E-state index in [9.17, 15) is 0 Å². The van der Waals surface area contributed by atoms with Gasteiger partial charge in [-0.15, -0.1) is 0 Å². The molecule has 4 heteroatoms. The van der Waals surface area contributed by atoms with Gasteiger partial charge in [0, 0.05) is 30.0 Å². The molecule has 0 saturated carbocycles. The van der Waals surface area contributed by atoms with Gasteiger partial charge < -0.3 is 15.1 Å². The van der Waals surface area contributed by atoms with Crippen molar-refractivity contribution in [1.29, 1.82) is 0 Å². The van der Waals surface area contributed by atoms with Crippen molar-refractivity contribution in [2.45, 2.75) is 38.3 Å². The first-order valence-electron chi connectivity index (χ1n) is 7.67. The lowest BCUT2D eigenvalue weighted by Crippen LogP contribution is -2.24. The summed E-state index contributed by atoms with van der Waals surface area (Å²) in [5.41, 5.74) is 2.46. The fourth-order valence-corrected chi connectivity index (χ4v) is 2.57. The Hall–Kier alpha value is -1.65. The molecule has 0 aliphatic carbocycles. The third-order valence-corrected chi connectivity index (χ3v) is 3.77. The number of aromatic nitrogens is 1. The lowest BCUT2D eigenvalue weighted by Gasteiger charge is -2.21. The second kappa shape index (κ2) is 8.60. The smallest absolute Gasteiger partial charge is 0.0950 e. The average molecular weight is 287 g/mol. The lowest BCUT2D eigenvalue weighted by molar-refractivity contribution is 0.431. The Bertz CT molecular complexity index is 484. The van der Waals surface area contributed by atoms with Crippen LogP contribution in [0, 0.1) is 0 Å². The van der Waals surface area contributed by atoms with E-state index in [2.05, 4.69) is 28.6 Å². The molecule has 2 heterocycles. The van der Waals surface area contributed by atoms with Gasteiger partial charge in [0.2, 0.25) is 0 Å². The van der Waals surface area contributed by atoms with E-state index in [1.54, 1.807) is 6.26 Å². The number of furan rings is 1. The molecule has 0 radical (unpaired) electrons. The summed E-state index contributed by atoms with van der Waals surface area (Å²) in [6.45, 7) is 3.21. The molecule has 2 atom stereocenters. The molecule has 2 aromatic heterocycles. The second-order valence-electron chi connectivity index (χ2n) is 5.27. The van der Waals surface area contributed by atoms with Crippen LogP contribution in [0.25, 0.3) is 0 Å². The first kappa shape index (κ1) is 15.7. The van der Waals surface area contributed by atoms with Crippen molar-refractivity contribution in [3.63, 3.8) is 0 Å². The number of nitrogens with one attached hydrogen (secondary N) is 2. The molecule has 2 rings (SSSR count). The molecule has 0 aliphatic rings. The maximum atomic E-state index is 5.23. The summed E-state index contributed by atoms with van der Waals surface area (Å²) >= 11 is 0. The predicted octanol–water partition coefficient (Wildman–Crippen LogP) is 3.46. The molecule has 0 aliphatic heterocycles. The Labute approximate surface area is 127 Å². The Morgan fingerprint density at radius 1 is 1.19 bits per heavy atom. The molecule has 0 fully saturated rings. The standard InChI is InChI=1S/C17H25N3O/c1-3-9-20-17(15-8-11-21-13-15)7-6-16(18-2)14-5-4-10-19-12-14/h4-5,8,10-13,16-18,20H,3,6-7,9H2,1-2H3. The summed E-state index contributed by atoms with van der Waals surface area (Å²) in [5, 5.41) is 6.98. The van der Waals surface area contributed by atoms with Crippen molar-refractivity contribution in [1.82, 2.24) is 15.6 Å². The molecule has 2 aromatic rings. The average Bonchev–Trinajstić information content (AvgIpc) is 3.06. The quantitative estimate of drug-likeness (QED) is 0.741. The topological polar surface area (TPSA) is 50.1 Å². The van der Waals surface area contributed by atoms with E-state index in [0.29, 0.717) is 12.1 Å². The SMILES string of the molecule is CCCNC(CCC(NC)c1cccnc1)c1ccoc1. The third-order valence-electron chi connectivity index (χ3n) is 3.77. The van der Waals surface area contributed by atoms with E-state index in [4.69, 9.17) is 4.42 Å². The van der Waals surface area contributed by atoms with Crippen molar-refractivity contribution in [3.8, 4) is 0 Å². The zero-order valence-electron chi connectivity index (χ0n) is 12.9. The largest absolute Gasteiger partial charge is 0.472 e. The Morgan fingerprint density at radius 3 is 2.67 bits per heavy atom. The highest BCUT2D eigenvalue weighted by Crippen LogP contribution is 2.25. The molecule has 2 unspecified atom stereocenters. The van der Waals surface area contributed by atoms with Gasteiger partial charge in [-0.1, -0.05) is 13.0 Å². The summed E-state index contributed by atoms with van der Waals surface area (Å²) in [6, 6.07) is 6.84. The second-order valence-corrected chi connectivity index (χ2v) is 5.27. The zero-order valence-corrected chi connectivity index (χ0v) is 12.9. The van der Waals surface area contributed by atoms with Crippen LogP contribution in [0.5, 0.6) is 0 Å². The van der Waals surface area contributed by atoms with Crippen LogP contribution in [0.2, 0.25) is 0 Å². The van der Waals surface area contributed by atoms with E-state index in [0.717, 1.165) is 25.8 Å². The van der Waals surface area contributed by atoms with E-state index < -0.39 is 0 Å². The van der Waals surface area contributed by atoms with E-state index in [-0.39, 0.29) is 0 Å². The Morgan fingerprint density at radius 2 is 2.05 bits per heavy atom. The van der Waals surface area contributed by atoms with Crippen molar-refractivity contribution in [2.75, 3.05) is 13.6 Å². The number of nitrogens with zero attached hydrogens (tertiary/aromatic N) is 1. The molecule has 4 nitrogen and oxygen atoms in total. The van der Waals surface area contributed by atoms with Crippen molar-refractivity contribution in [3.05, 3.63) is 54.2 Å². The van der Waals surface area contributed by atoms with E-state index >= 15 is 0 Å². The summed E-state index contributed by atoms with van der Waals surface area (Å²) in [5.74, 6) is 0. The van der Waals surface area contributed by atoms with Gasteiger partial charge >= 0.3 is 0 Å². The maximum absolute atomic E-state index is 5.23. The molecular weight excluding hydrogens is 262 g/mol. The minimum atomic E-state index is 0.330. The van der Waals surface area contributed by atoms with Crippen molar-refractivity contribution in [2.24, 2.45) is 0 Å². The van der Waals surface area contributed by atoms with E-state index in [1.807, 2.05) is 37.8 Å². The molecule has 0 spiro atoms. The first-order valence-corrected chi connectivity index (χ1v) is 7.67. The number of rotatable bonds is 9. The van der Waals surface area contributed by atoms with Crippen LogP contribution in [0.15, 0.2) is 47.5 Å². The maximum Gasteiger partial charge on any atom is 0.0950 e. The zero-order chi connectivity index (χ0) is 14.9. The summed E-state index contributed by atoms with van der Waals surface area (Å²) in [4.78, 5) is 4.21. The monoisotopic (exact) mass is 287 g/mol. The molecule has 2 N–H and O–H groups in total. The highest BCUT2D eigenvalue weighted by Gasteiger charge is 2.16. The van der Waals surface area contributed by atoms with Gasteiger partial charge in [-0.3, -0.25) is 4.98 Å². The highest BCUT2D eigenvalue weighted by atomic mass is 16.3. The molecule has 0 bridgehead atoms. The summed E-state index contributed by atoms with van der Waals surface area (Å²) in [7, 11) is 2.00. The number of hydrogen-bond acceptors (Lipinski definition) is 4. The highest BCUT2D eigenvalue weighted by molar-refractivity contribution is 5.15. The number of hydrogen-bond donors (Lipinski definition) is 2. The fraction of sp³-hybridized carbons (Fsp3) is 0.471. The number of pyridine rings is 1. The fourth-order valence-electron chi connectivity index (χ4n) is 2.57. The van der Waals surface area contributed by atoms with Crippen LogP contribution in [0.3, 0.4) is 0 Å². The predicted molar refractivity (Wildman–Crippen MR) is 85.0 cm³/mol. The van der Waals surface area contributed by atoms with Crippen LogP contribution in [-0.4, -0.2) is 18.6 Å². The van der Waals surface area contributed by atoms with Gasteiger partial charge in [0.05, 0.1) is 12.5 Å². The summed E-state index contributed by atoms with van der Waals surface area (Å²) < 4.78 is 5.23. The molecular formula is C17H25N3O. The van der Waals surface area contributed by atoms with Gasteiger partial charge in [0.15, 0.2) is 0 Å². The molecule has 114 valence electrons. The van der Waals surface area contributed by atoms with Crippen molar-refractivity contribution >= 4 is 0 Å². The lowest BCUT2D eigenvalue weighted by atomic mass is 9.98.